The Bertz CT molecular complexity index is 1120. The predicted octanol–water partition coefficient (Wildman–Crippen LogP) is -0.516. The van der Waals surface area contributed by atoms with Crippen LogP contribution in [0.1, 0.15) is 31.2 Å². The third kappa shape index (κ3) is 9.86. The molecule has 0 aliphatic rings. The van der Waals surface area contributed by atoms with Crippen molar-refractivity contribution in [3.63, 3.8) is 0 Å². The summed E-state index contributed by atoms with van der Waals surface area (Å²) in [5, 5.41) is 27.2. The van der Waals surface area contributed by atoms with Crippen molar-refractivity contribution >= 4 is 40.4 Å². The third-order valence-electron chi connectivity index (χ3n) is 5.63. The van der Waals surface area contributed by atoms with E-state index in [1.807, 2.05) is 36.4 Å². The van der Waals surface area contributed by atoms with Crippen LogP contribution in [-0.4, -0.2) is 71.1 Å². The molecule has 0 bridgehead atoms. The maximum atomic E-state index is 12.9. The second kappa shape index (κ2) is 14.5. The number of amides is 3. The van der Waals surface area contributed by atoms with Gasteiger partial charge in [-0.2, -0.15) is 0 Å². The Kier molecular flexibility index (Phi) is 11.5. The van der Waals surface area contributed by atoms with E-state index < -0.39 is 60.8 Å². The van der Waals surface area contributed by atoms with Crippen molar-refractivity contribution in [2.45, 2.75) is 50.2 Å². The first-order valence-corrected chi connectivity index (χ1v) is 11.9. The fourth-order valence-electron chi connectivity index (χ4n) is 3.64. The highest BCUT2D eigenvalue weighted by atomic mass is 16.4. The number of rotatable bonds is 15. The third-order valence-corrected chi connectivity index (χ3v) is 5.63. The van der Waals surface area contributed by atoms with Crippen LogP contribution in [0.25, 0.3) is 10.8 Å². The average Bonchev–Trinajstić information content (AvgIpc) is 2.86. The number of nitrogens with one attached hydrogen (secondary N) is 3. The van der Waals surface area contributed by atoms with E-state index in [1.54, 1.807) is 6.07 Å². The lowest BCUT2D eigenvalue weighted by Crippen LogP contribution is -2.54. The number of hydrogen-bond acceptors (Lipinski definition) is 7. The van der Waals surface area contributed by atoms with Crippen LogP contribution in [0.15, 0.2) is 42.5 Å². The van der Waals surface area contributed by atoms with Crippen molar-refractivity contribution in [3.8, 4) is 0 Å². The molecule has 0 fully saturated rings. The minimum Gasteiger partial charge on any atom is -0.481 e. The van der Waals surface area contributed by atoms with Crippen molar-refractivity contribution in [3.05, 3.63) is 48.0 Å². The van der Waals surface area contributed by atoms with E-state index in [0.717, 1.165) is 10.8 Å². The van der Waals surface area contributed by atoms with Crippen LogP contribution in [0.4, 0.5) is 0 Å². The van der Waals surface area contributed by atoms with E-state index in [-0.39, 0.29) is 6.42 Å². The molecule has 37 heavy (non-hydrogen) atoms. The fourth-order valence-corrected chi connectivity index (χ4v) is 3.64. The highest BCUT2D eigenvalue weighted by Gasteiger charge is 2.28. The molecule has 0 saturated heterocycles. The first-order chi connectivity index (χ1) is 17.6. The Morgan fingerprint density at radius 1 is 0.865 bits per heavy atom. The van der Waals surface area contributed by atoms with Crippen LogP contribution in [0.3, 0.4) is 0 Å². The van der Waals surface area contributed by atoms with Gasteiger partial charge in [-0.25, -0.2) is 4.79 Å². The lowest BCUT2D eigenvalue weighted by molar-refractivity contribution is -0.147. The number of benzene rings is 2. The van der Waals surface area contributed by atoms with Crippen LogP contribution < -0.4 is 27.4 Å². The number of carbonyl (C=O) groups is 5. The predicted molar refractivity (Wildman–Crippen MR) is 135 cm³/mol. The van der Waals surface area contributed by atoms with Crippen molar-refractivity contribution in [2.75, 3.05) is 13.1 Å². The monoisotopic (exact) mass is 515 g/mol. The zero-order valence-corrected chi connectivity index (χ0v) is 20.3. The van der Waals surface area contributed by atoms with Gasteiger partial charge in [0.2, 0.25) is 17.7 Å². The van der Waals surface area contributed by atoms with E-state index >= 15 is 0 Å². The molecule has 3 amide bonds. The summed E-state index contributed by atoms with van der Waals surface area (Å²) in [5.74, 6) is -5.04. The molecular weight excluding hydrogens is 482 g/mol. The van der Waals surface area contributed by atoms with Gasteiger partial charge in [-0.3, -0.25) is 19.2 Å². The quantitative estimate of drug-likeness (QED) is 0.152. The first-order valence-electron chi connectivity index (χ1n) is 11.9. The molecule has 2 aromatic rings. The van der Waals surface area contributed by atoms with E-state index in [0.29, 0.717) is 31.4 Å². The number of carbonyl (C=O) groups excluding carboxylic acids is 3. The van der Waals surface area contributed by atoms with Crippen molar-refractivity contribution in [2.24, 2.45) is 11.5 Å². The minimum atomic E-state index is -1.69. The van der Waals surface area contributed by atoms with Gasteiger partial charge in [-0.1, -0.05) is 48.9 Å². The molecule has 0 aliphatic carbocycles. The number of unbranched alkanes of at least 4 members (excludes halogenated alkanes) is 1. The zero-order chi connectivity index (χ0) is 27.4. The number of hydrogen-bond donors (Lipinski definition) is 7. The summed E-state index contributed by atoms with van der Waals surface area (Å²) >= 11 is 0. The SMILES string of the molecule is NCCCC[C@@H](N)C(=O)NCC(=O)N[C@@H](Cc1ccc2ccccc2c1)C(=O)N[C@@H](CC(=O)O)C(=O)O. The molecule has 0 radical (unpaired) electrons. The first kappa shape index (κ1) is 29.2. The molecule has 12 heteroatoms. The van der Waals surface area contributed by atoms with E-state index in [9.17, 15) is 29.1 Å². The molecule has 200 valence electrons. The van der Waals surface area contributed by atoms with Gasteiger partial charge in [0, 0.05) is 6.42 Å². The second-order valence-corrected chi connectivity index (χ2v) is 8.61. The molecule has 2 rings (SSSR count). The second-order valence-electron chi connectivity index (χ2n) is 8.61. The van der Waals surface area contributed by atoms with Gasteiger partial charge in [-0.15, -0.1) is 0 Å². The maximum Gasteiger partial charge on any atom is 0.326 e. The summed E-state index contributed by atoms with van der Waals surface area (Å²) < 4.78 is 0. The smallest absolute Gasteiger partial charge is 0.326 e. The Hall–Kier alpha value is -4.03. The van der Waals surface area contributed by atoms with Gasteiger partial charge in [0.15, 0.2) is 0 Å². The molecule has 12 nitrogen and oxygen atoms in total. The molecule has 0 unspecified atom stereocenters. The molecule has 0 heterocycles. The van der Waals surface area contributed by atoms with E-state index in [4.69, 9.17) is 16.6 Å². The summed E-state index contributed by atoms with van der Waals surface area (Å²) in [4.78, 5) is 60.1. The lowest BCUT2D eigenvalue weighted by atomic mass is 10.0. The number of carboxylic acids is 2. The summed E-state index contributed by atoms with van der Waals surface area (Å²) in [6, 6.07) is 9.23. The molecule has 0 aliphatic heterocycles. The van der Waals surface area contributed by atoms with Gasteiger partial charge < -0.3 is 37.6 Å². The molecule has 9 N–H and O–H groups in total. The molecule has 3 atom stereocenters. The van der Waals surface area contributed by atoms with Crippen molar-refractivity contribution in [1.29, 1.82) is 0 Å². The summed E-state index contributed by atoms with van der Waals surface area (Å²) in [5.41, 5.74) is 11.9. The summed E-state index contributed by atoms with van der Waals surface area (Å²) in [7, 11) is 0. The largest absolute Gasteiger partial charge is 0.481 e. The Labute approximate surface area is 213 Å². The van der Waals surface area contributed by atoms with Crippen molar-refractivity contribution in [1.82, 2.24) is 16.0 Å². The van der Waals surface area contributed by atoms with Crippen LogP contribution in [0.5, 0.6) is 0 Å². The standard InChI is InChI=1S/C25H33N5O7/c26-10-4-3-7-18(27)23(34)28-14-21(31)29-19(24(35)30-20(25(36)37)13-22(32)33)12-15-8-9-16-5-1-2-6-17(16)11-15/h1-2,5-6,8-9,11,18-20H,3-4,7,10,12-14,26-27H2,(H,28,34)(H,29,31)(H,30,35)(H,32,33)(H,36,37)/t18-,19+,20+/m1/s1. The minimum absolute atomic E-state index is 0.00559. The van der Waals surface area contributed by atoms with E-state index in [2.05, 4.69) is 16.0 Å². The van der Waals surface area contributed by atoms with Crippen LogP contribution in [0, 0.1) is 0 Å². The van der Waals surface area contributed by atoms with Crippen LogP contribution in [-0.2, 0) is 30.4 Å². The Morgan fingerprint density at radius 2 is 1.57 bits per heavy atom. The maximum absolute atomic E-state index is 12.9. The van der Waals surface area contributed by atoms with Gasteiger partial charge in [0.05, 0.1) is 19.0 Å². The zero-order valence-electron chi connectivity index (χ0n) is 20.3. The Balaban J connectivity index is 2.12. The lowest BCUT2D eigenvalue weighted by Gasteiger charge is -2.21. The fraction of sp³-hybridized carbons (Fsp3) is 0.400. The molecule has 0 spiro atoms. The Morgan fingerprint density at radius 3 is 2.22 bits per heavy atom. The van der Waals surface area contributed by atoms with Gasteiger partial charge in [0.1, 0.15) is 12.1 Å². The average molecular weight is 516 g/mol. The highest BCUT2D eigenvalue weighted by Crippen LogP contribution is 2.17. The molecule has 2 aromatic carbocycles. The highest BCUT2D eigenvalue weighted by molar-refractivity contribution is 5.93. The molecule has 0 aromatic heterocycles. The summed E-state index contributed by atoms with van der Waals surface area (Å²) in [6.45, 7) is 0.0228. The van der Waals surface area contributed by atoms with E-state index in [1.165, 1.54) is 0 Å². The van der Waals surface area contributed by atoms with Gasteiger partial charge in [0.25, 0.3) is 0 Å². The summed E-state index contributed by atoms with van der Waals surface area (Å²) in [6.07, 6.45) is 0.931. The van der Waals surface area contributed by atoms with Gasteiger partial charge >= 0.3 is 11.9 Å². The van der Waals surface area contributed by atoms with Crippen LogP contribution >= 0.6 is 0 Å². The molecular formula is C25H33N5O7. The van der Waals surface area contributed by atoms with Gasteiger partial charge in [-0.05, 0) is 35.7 Å². The number of aliphatic carboxylic acids is 2. The topological polar surface area (TPSA) is 214 Å². The molecule has 0 saturated carbocycles. The number of nitrogens with two attached hydrogens (primary N) is 2. The van der Waals surface area contributed by atoms with Crippen LogP contribution in [0.2, 0.25) is 0 Å². The van der Waals surface area contributed by atoms with Crippen molar-refractivity contribution < 1.29 is 34.2 Å². The number of fused-ring (bicyclic) bond motifs is 1. The normalized spacial score (nSPS) is 13.2. The number of carboxylic acid groups (broad SMARTS) is 2.